The highest BCUT2D eigenvalue weighted by Gasteiger charge is 2.14. The Morgan fingerprint density at radius 3 is 2.92 bits per heavy atom. The number of thiazole rings is 1. The molecule has 0 saturated carbocycles. The second kappa shape index (κ2) is 7.28. The lowest BCUT2D eigenvalue weighted by Gasteiger charge is -2.17. The van der Waals surface area contributed by atoms with E-state index in [2.05, 4.69) is 20.3 Å². The Morgan fingerprint density at radius 2 is 2.15 bits per heavy atom. The first-order valence-corrected chi connectivity index (χ1v) is 9.57. The Balaban J connectivity index is 1.30. The summed E-state index contributed by atoms with van der Waals surface area (Å²) in [7, 11) is 0. The van der Waals surface area contributed by atoms with Crippen LogP contribution in [0.5, 0.6) is 0 Å². The zero-order chi connectivity index (χ0) is 17.9. The van der Waals surface area contributed by atoms with Crippen molar-refractivity contribution in [2.45, 2.75) is 25.8 Å². The van der Waals surface area contributed by atoms with E-state index >= 15 is 0 Å². The molecule has 0 spiro atoms. The molecule has 1 amide bonds. The third-order valence-corrected chi connectivity index (χ3v) is 5.24. The van der Waals surface area contributed by atoms with Crippen LogP contribution in [0.4, 0.5) is 5.69 Å². The molecule has 0 aromatic carbocycles. The second-order valence-electron chi connectivity index (χ2n) is 6.33. The van der Waals surface area contributed by atoms with Gasteiger partial charge in [-0.1, -0.05) is 0 Å². The van der Waals surface area contributed by atoms with Crippen molar-refractivity contribution in [2.75, 3.05) is 24.5 Å². The maximum Gasteiger partial charge on any atom is 0.269 e. The van der Waals surface area contributed by atoms with Crippen LogP contribution in [0.25, 0.3) is 4.96 Å². The number of rotatable bonds is 6. The van der Waals surface area contributed by atoms with Crippen LogP contribution in [0, 0.1) is 0 Å². The molecule has 0 aliphatic carbocycles. The van der Waals surface area contributed by atoms with Crippen LogP contribution in [-0.2, 0) is 17.8 Å². The number of anilines is 1. The van der Waals surface area contributed by atoms with Crippen molar-refractivity contribution in [3.8, 4) is 0 Å². The summed E-state index contributed by atoms with van der Waals surface area (Å²) in [4.78, 5) is 31.8. The number of aromatic nitrogens is 4. The molecule has 8 nitrogen and oxygen atoms in total. The monoisotopic (exact) mass is 372 g/mol. The predicted molar refractivity (Wildman–Crippen MR) is 99.7 cm³/mol. The summed E-state index contributed by atoms with van der Waals surface area (Å²) in [6, 6.07) is 1.56. The summed E-state index contributed by atoms with van der Waals surface area (Å²) >= 11 is 1.58. The minimum atomic E-state index is -0.251. The van der Waals surface area contributed by atoms with Gasteiger partial charge in [0.25, 0.3) is 5.56 Å². The standard InChI is InChI=1S/C17H20N6O2S/c24-15(18-4-3-13-11-22-7-8-26-17(22)20-13)12-23-16(25)9-14(10-19-23)21-5-1-2-6-21/h7-11H,1-6,12H2,(H,18,24). The number of carbonyl (C=O) groups is 1. The van der Waals surface area contributed by atoms with Crippen LogP contribution < -0.4 is 15.8 Å². The van der Waals surface area contributed by atoms with Crippen LogP contribution in [-0.4, -0.2) is 44.7 Å². The summed E-state index contributed by atoms with van der Waals surface area (Å²) < 4.78 is 3.16. The fraction of sp³-hybridized carbons (Fsp3) is 0.412. The zero-order valence-corrected chi connectivity index (χ0v) is 15.1. The molecular weight excluding hydrogens is 352 g/mol. The highest BCUT2D eigenvalue weighted by Crippen LogP contribution is 2.16. The number of imidazole rings is 1. The lowest BCUT2D eigenvalue weighted by atomic mass is 10.3. The van der Waals surface area contributed by atoms with Crippen molar-refractivity contribution >= 4 is 27.9 Å². The van der Waals surface area contributed by atoms with Crippen LogP contribution in [0.2, 0.25) is 0 Å². The molecule has 0 bridgehead atoms. The van der Waals surface area contributed by atoms with Crippen molar-refractivity contribution in [2.24, 2.45) is 0 Å². The number of fused-ring (bicyclic) bond motifs is 1. The minimum Gasteiger partial charge on any atom is -0.370 e. The second-order valence-corrected chi connectivity index (χ2v) is 7.20. The quantitative estimate of drug-likeness (QED) is 0.695. The maximum atomic E-state index is 12.2. The first kappa shape index (κ1) is 16.8. The van der Waals surface area contributed by atoms with Gasteiger partial charge in [0.2, 0.25) is 5.91 Å². The third-order valence-electron chi connectivity index (χ3n) is 4.47. The Labute approximate surface area is 154 Å². The molecule has 3 aromatic rings. The van der Waals surface area contributed by atoms with Gasteiger partial charge in [0.1, 0.15) is 6.54 Å². The lowest BCUT2D eigenvalue weighted by Crippen LogP contribution is -2.35. The number of hydrogen-bond acceptors (Lipinski definition) is 6. The van der Waals surface area contributed by atoms with Gasteiger partial charge in [-0.25, -0.2) is 9.67 Å². The van der Waals surface area contributed by atoms with Crippen LogP contribution in [0.15, 0.2) is 34.8 Å². The van der Waals surface area contributed by atoms with E-state index < -0.39 is 0 Å². The van der Waals surface area contributed by atoms with Crippen molar-refractivity contribution in [1.29, 1.82) is 0 Å². The van der Waals surface area contributed by atoms with E-state index in [4.69, 9.17) is 0 Å². The van der Waals surface area contributed by atoms with E-state index in [1.54, 1.807) is 23.6 Å². The van der Waals surface area contributed by atoms with Crippen molar-refractivity contribution in [3.63, 3.8) is 0 Å². The Morgan fingerprint density at radius 1 is 1.31 bits per heavy atom. The third kappa shape index (κ3) is 3.62. The van der Waals surface area contributed by atoms with E-state index in [1.165, 1.54) is 4.68 Å². The summed E-state index contributed by atoms with van der Waals surface area (Å²) in [5.74, 6) is -0.227. The largest absolute Gasteiger partial charge is 0.370 e. The molecule has 1 fully saturated rings. The van der Waals surface area contributed by atoms with Gasteiger partial charge in [0.15, 0.2) is 4.96 Å². The van der Waals surface area contributed by atoms with Gasteiger partial charge in [-0.2, -0.15) is 5.10 Å². The number of nitrogens with one attached hydrogen (secondary N) is 1. The first-order chi connectivity index (χ1) is 12.7. The maximum absolute atomic E-state index is 12.2. The first-order valence-electron chi connectivity index (χ1n) is 8.69. The predicted octanol–water partition coefficient (Wildman–Crippen LogP) is 0.912. The van der Waals surface area contributed by atoms with E-state index in [0.717, 1.165) is 42.3 Å². The fourth-order valence-electron chi connectivity index (χ4n) is 3.11. The molecule has 0 atom stereocenters. The van der Waals surface area contributed by atoms with E-state index in [-0.39, 0.29) is 18.0 Å². The molecule has 4 rings (SSSR count). The van der Waals surface area contributed by atoms with E-state index in [9.17, 15) is 9.59 Å². The topological polar surface area (TPSA) is 84.5 Å². The molecule has 1 saturated heterocycles. The van der Waals surface area contributed by atoms with E-state index in [1.807, 2.05) is 22.2 Å². The summed E-state index contributed by atoms with van der Waals surface area (Å²) in [6.07, 6.45) is 8.51. The van der Waals surface area contributed by atoms with Gasteiger partial charge in [-0.15, -0.1) is 11.3 Å². The molecule has 26 heavy (non-hydrogen) atoms. The Bertz CT molecular complexity index is 940. The molecule has 1 aliphatic rings. The van der Waals surface area contributed by atoms with Gasteiger partial charge in [-0.3, -0.25) is 14.0 Å². The molecule has 3 aromatic heterocycles. The molecule has 4 heterocycles. The van der Waals surface area contributed by atoms with Crippen LogP contribution >= 0.6 is 11.3 Å². The molecule has 136 valence electrons. The van der Waals surface area contributed by atoms with Crippen molar-refractivity contribution < 1.29 is 4.79 Å². The Hall–Kier alpha value is -2.68. The molecule has 9 heteroatoms. The number of carbonyl (C=O) groups excluding carboxylic acids is 1. The number of nitrogens with zero attached hydrogens (tertiary/aromatic N) is 5. The summed E-state index contributed by atoms with van der Waals surface area (Å²) in [5, 5.41) is 8.94. The van der Waals surface area contributed by atoms with Gasteiger partial charge >= 0.3 is 0 Å². The minimum absolute atomic E-state index is 0.0720. The smallest absolute Gasteiger partial charge is 0.269 e. The highest BCUT2D eigenvalue weighted by atomic mass is 32.1. The van der Waals surface area contributed by atoms with Gasteiger partial charge in [0, 0.05) is 49.9 Å². The van der Waals surface area contributed by atoms with Crippen LogP contribution in [0.1, 0.15) is 18.5 Å². The summed E-state index contributed by atoms with van der Waals surface area (Å²) in [5.41, 5.74) is 1.52. The van der Waals surface area contributed by atoms with Crippen molar-refractivity contribution in [1.82, 2.24) is 24.5 Å². The van der Waals surface area contributed by atoms with Gasteiger partial charge in [0.05, 0.1) is 17.6 Å². The summed E-state index contributed by atoms with van der Waals surface area (Å²) in [6.45, 7) is 2.32. The average Bonchev–Trinajstić information content (AvgIpc) is 3.33. The molecule has 1 N–H and O–H groups in total. The highest BCUT2D eigenvalue weighted by molar-refractivity contribution is 7.15. The zero-order valence-electron chi connectivity index (χ0n) is 14.3. The molecule has 1 aliphatic heterocycles. The number of amides is 1. The van der Waals surface area contributed by atoms with Gasteiger partial charge in [-0.05, 0) is 12.8 Å². The lowest BCUT2D eigenvalue weighted by molar-refractivity contribution is -0.121. The molecule has 0 unspecified atom stereocenters. The van der Waals surface area contributed by atoms with Crippen LogP contribution in [0.3, 0.4) is 0 Å². The molecule has 0 radical (unpaired) electrons. The number of hydrogen-bond donors (Lipinski definition) is 1. The Kier molecular flexibility index (Phi) is 4.70. The van der Waals surface area contributed by atoms with E-state index in [0.29, 0.717) is 13.0 Å². The molecular formula is C17H20N6O2S. The normalized spacial score (nSPS) is 14.2. The average molecular weight is 372 g/mol. The van der Waals surface area contributed by atoms with Crippen molar-refractivity contribution in [3.05, 3.63) is 46.1 Å². The SMILES string of the molecule is O=C(Cn1ncc(N2CCCC2)cc1=O)NCCc1cn2ccsc2n1. The fourth-order valence-corrected chi connectivity index (χ4v) is 3.83. The van der Waals surface area contributed by atoms with Gasteiger partial charge < -0.3 is 10.2 Å².